The molecular formula is C13H14F11IO. The first-order valence-electron chi connectivity index (χ1n) is 7.01. The van der Waals surface area contributed by atoms with Crippen molar-refractivity contribution in [3.8, 4) is 0 Å². The van der Waals surface area contributed by atoms with Gasteiger partial charge in [0.25, 0.3) is 5.67 Å². The maximum atomic E-state index is 14.0. The van der Waals surface area contributed by atoms with Gasteiger partial charge in [-0.2, -0.15) is 43.9 Å². The van der Waals surface area contributed by atoms with Gasteiger partial charge in [0, 0.05) is 6.61 Å². The Hall–Kier alpha value is -0.340. The summed E-state index contributed by atoms with van der Waals surface area (Å²) >= 11 is 0.969. The molecule has 1 atom stereocenters. The molecule has 0 aromatic heterocycles. The van der Waals surface area contributed by atoms with E-state index in [0.29, 0.717) is 19.3 Å². The zero-order valence-electron chi connectivity index (χ0n) is 12.8. The number of aliphatic hydroxyl groups excluding tert-OH is 1. The summed E-state index contributed by atoms with van der Waals surface area (Å²) in [4.78, 5) is 0. The van der Waals surface area contributed by atoms with Gasteiger partial charge in [-0.15, -0.1) is 0 Å². The first-order chi connectivity index (χ1) is 11.5. The number of aliphatic hydroxyl groups is 1. The van der Waals surface area contributed by atoms with E-state index in [0.717, 1.165) is 22.6 Å². The Morgan fingerprint density at radius 3 is 1.54 bits per heavy atom. The number of unbranched alkanes of at least 4 members (excludes halogenated alkanes) is 3. The van der Waals surface area contributed by atoms with Crippen LogP contribution in [-0.2, 0) is 0 Å². The lowest BCUT2D eigenvalue weighted by atomic mass is 9.90. The van der Waals surface area contributed by atoms with E-state index in [1.54, 1.807) is 0 Å². The lowest BCUT2D eigenvalue weighted by Gasteiger charge is -2.37. The third-order valence-electron chi connectivity index (χ3n) is 3.30. The molecule has 1 unspecified atom stereocenters. The molecule has 0 aliphatic carbocycles. The molecule has 0 bridgehead atoms. The van der Waals surface area contributed by atoms with Gasteiger partial charge < -0.3 is 5.11 Å². The molecule has 0 saturated heterocycles. The van der Waals surface area contributed by atoms with E-state index in [1.165, 1.54) is 0 Å². The summed E-state index contributed by atoms with van der Waals surface area (Å²) < 4.78 is 140. The minimum atomic E-state index is -7.25. The SMILES string of the molecule is OCCCCCCC(I)=CC(F)(C(F)(F)F)C(F)(F)C(F)(F)C(F)(F)F. The van der Waals surface area contributed by atoms with Crippen LogP contribution >= 0.6 is 22.6 Å². The lowest BCUT2D eigenvalue weighted by Crippen LogP contribution is -2.66. The monoisotopic (exact) mass is 522 g/mol. The zero-order valence-corrected chi connectivity index (χ0v) is 15.0. The predicted octanol–water partition coefficient (Wildman–Crippen LogP) is 6.35. The largest absolute Gasteiger partial charge is 0.460 e. The molecular weight excluding hydrogens is 508 g/mol. The van der Waals surface area contributed by atoms with Crippen molar-refractivity contribution < 1.29 is 53.4 Å². The minimum absolute atomic E-state index is 0.0317. The first-order valence-corrected chi connectivity index (χ1v) is 8.09. The van der Waals surface area contributed by atoms with Crippen molar-refractivity contribution in [1.82, 2.24) is 0 Å². The fraction of sp³-hybridized carbons (Fsp3) is 0.846. The molecule has 0 heterocycles. The van der Waals surface area contributed by atoms with Crippen LogP contribution in [-0.4, -0.2) is 41.6 Å². The van der Waals surface area contributed by atoms with Crippen LogP contribution in [0, 0.1) is 0 Å². The van der Waals surface area contributed by atoms with Crippen LogP contribution in [0.1, 0.15) is 32.1 Å². The third-order valence-corrected chi connectivity index (χ3v) is 4.15. The zero-order chi connectivity index (χ0) is 21.0. The molecule has 0 fully saturated rings. The molecule has 1 N–H and O–H groups in total. The van der Waals surface area contributed by atoms with E-state index in [2.05, 4.69) is 0 Å². The number of allylic oxidation sites excluding steroid dienone is 2. The number of rotatable bonds is 9. The number of halogens is 12. The summed E-state index contributed by atoms with van der Waals surface area (Å²) in [7, 11) is 0. The molecule has 0 rings (SSSR count). The van der Waals surface area contributed by atoms with Crippen LogP contribution < -0.4 is 0 Å². The quantitative estimate of drug-likeness (QED) is 0.213. The number of alkyl halides is 11. The summed E-state index contributed by atoms with van der Waals surface area (Å²) in [6, 6.07) is 0. The number of hydrogen-bond donors (Lipinski definition) is 1. The third kappa shape index (κ3) is 5.35. The fourth-order valence-corrected chi connectivity index (χ4v) is 2.61. The maximum Gasteiger partial charge on any atom is 0.460 e. The van der Waals surface area contributed by atoms with Gasteiger partial charge in [-0.1, -0.05) is 12.8 Å². The summed E-state index contributed by atoms with van der Waals surface area (Å²) in [6.45, 7) is -0.173. The van der Waals surface area contributed by atoms with Crippen molar-refractivity contribution in [3.05, 3.63) is 9.66 Å². The van der Waals surface area contributed by atoms with Crippen molar-refractivity contribution >= 4 is 22.6 Å². The fourth-order valence-electron chi connectivity index (χ4n) is 1.80. The van der Waals surface area contributed by atoms with Gasteiger partial charge in [0.2, 0.25) is 0 Å². The standard InChI is InChI=1S/C13H14F11IO/c14-9(12(19,20)21,7-8(25)5-3-1-2-4-6-26)10(15,16)11(17,18)13(22,23)24/h7,26H,1-6H2. The molecule has 0 radical (unpaired) electrons. The van der Waals surface area contributed by atoms with Crippen molar-refractivity contribution in [2.24, 2.45) is 0 Å². The molecule has 26 heavy (non-hydrogen) atoms. The van der Waals surface area contributed by atoms with Gasteiger partial charge in [-0.25, -0.2) is 4.39 Å². The molecule has 156 valence electrons. The van der Waals surface area contributed by atoms with Gasteiger partial charge in [-0.05, 0) is 51.5 Å². The van der Waals surface area contributed by atoms with Crippen LogP contribution in [0.3, 0.4) is 0 Å². The molecule has 13 heteroatoms. The molecule has 0 aliphatic heterocycles. The average molecular weight is 522 g/mol. The predicted molar refractivity (Wildman–Crippen MR) is 78.1 cm³/mol. The Kier molecular flexibility index (Phi) is 8.66. The van der Waals surface area contributed by atoms with E-state index >= 15 is 0 Å². The molecule has 0 spiro atoms. The van der Waals surface area contributed by atoms with Crippen molar-refractivity contribution in [3.63, 3.8) is 0 Å². The van der Waals surface area contributed by atoms with E-state index in [-0.39, 0.29) is 13.0 Å². The van der Waals surface area contributed by atoms with E-state index in [4.69, 9.17) is 5.11 Å². The highest BCUT2D eigenvalue weighted by Crippen LogP contribution is 2.58. The molecule has 0 aromatic rings. The highest BCUT2D eigenvalue weighted by atomic mass is 127. The van der Waals surface area contributed by atoms with Crippen LogP contribution in [0.2, 0.25) is 0 Å². The molecule has 0 aliphatic rings. The number of hydrogen-bond acceptors (Lipinski definition) is 1. The average Bonchev–Trinajstić information content (AvgIpc) is 2.44. The Balaban J connectivity index is 5.76. The van der Waals surface area contributed by atoms with Crippen LogP contribution in [0.5, 0.6) is 0 Å². The lowest BCUT2D eigenvalue weighted by molar-refractivity contribution is -0.402. The van der Waals surface area contributed by atoms with E-state index in [1.807, 2.05) is 0 Å². The second kappa shape index (κ2) is 8.78. The smallest absolute Gasteiger partial charge is 0.396 e. The Morgan fingerprint density at radius 1 is 0.692 bits per heavy atom. The van der Waals surface area contributed by atoms with Crippen molar-refractivity contribution in [2.45, 2.75) is 62.0 Å². The first kappa shape index (κ1) is 25.7. The van der Waals surface area contributed by atoms with Gasteiger partial charge in [0.1, 0.15) is 0 Å². The maximum absolute atomic E-state index is 14.0. The second-order valence-electron chi connectivity index (χ2n) is 5.34. The van der Waals surface area contributed by atoms with Crippen LogP contribution in [0.15, 0.2) is 9.66 Å². The second-order valence-corrected chi connectivity index (χ2v) is 6.72. The Bertz CT molecular complexity index is 483. The van der Waals surface area contributed by atoms with E-state index in [9.17, 15) is 48.3 Å². The topological polar surface area (TPSA) is 20.2 Å². The van der Waals surface area contributed by atoms with E-state index < -0.39 is 45.9 Å². The van der Waals surface area contributed by atoms with Gasteiger partial charge in [0.05, 0.1) is 0 Å². The Morgan fingerprint density at radius 2 is 1.15 bits per heavy atom. The molecule has 0 saturated carbocycles. The molecule has 0 amide bonds. The van der Waals surface area contributed by atoms with Gasteiger partial charge >= 0.3 is 24.2 Å². The molecule has 1 nitrogen and oxygen atoms in total. The van der Waals surface area contributed by atoms with Crippen LogP contribution in [0.4, 0.5) is 48.3 Å². The Labute approximate surface area is 154 Å². The van der Waals surface area contributed by atoms with Crippen LogP contribution in [0.25, 0.3) is 0 Å². The summed E-state index contributed by atoms with van der Waals surface area (Å²) in [5.74, 6) is -14.4. The minimum Gasteiger partial charge on any atom is -0.396 e. The highest BCUT2D eigenvalue weighted by molar-refractivity contribution is 14.1. The molecule has 0 aromatic carbocycles. The summed E-state index contributed by atoms with van der Waals surface area (Å²) in [6.07, 6.45) is -14.1. The van der Waals surface area contributed by atoms with Crippen molar-refractivity contribution in [2.75, 3.05) is 6.61 Å². The van der Waals surface area contributed by atoms with Crippen molar-refractivity contribution in [1.29, 1.82) is 0 Å². The normalized spacial score (nSPS) is 17.3. The highest BCUT2D eigenvalue weighted by Gasteiger charge is 2.85. The van der Waals surface area contributed by atoms with Gasteiger partial charge in [-0.3, -0.25) is 0 Å². The summed E-state index contributed by atoms with van der Waals surface area (Å²) in [5.41, 5.74) is -6.22. The summed E-state index contributed by atoms with van der Waals surface area (Å²) in [5, 5.41) is 8.51. The van der Waals surface area contributed by atoms with Gasteiger partial charge in [0.15, 0.2) is 0 Å².